The van der Waals surface area contributed by atoms with Crippen LogP contribution in [0.3, 0.4) is 0 Å². The number of rotatable bonds is 39. The van der Waals surface area contributed by atoms with E-state index in [0.29, 0.717) is 12.8 Å². The highest BCUT2D eigenvalue weighted by Crippen LogP contribution is 2.16. The van der Waals surface area contributed by atoms with Gasteiger partial charge in [-0.05, 0) is 38.5 Å². The minimum atomic E-state index is -1.13. The zero-order chi connectivity index (χ0) is 35.2. The number of allylic oxidation sites excluding steroid dienone is 2. The molecule has 286 valence electrons. The Balaban J connectivity index is 3.61. The van der Waals surface area contributed by atoms with Gasteiger partial charge in [0.2, 0.25) is 5.91 Å². The summed E-state index contributed by atoms with van der Waals surface area (Å²) in [5.41, 5.74) is 0. The topological polar surface area (TPSA) is 89.8 Å². The number of carbonyl (C=O) groups is 1. The minimum absolute atomic E-state index is 0.148. The summed E-state index contributed by atoms with van der Waals surface area (Å²) in [7, 11) is 0. The van der Waals surface area contributed by atoms with Gasteiger partial charge in [0, 0.05) is 6.42 Å². The van der Waals surface area contributed by atoms with Crippen LogP contribution in [0.15, 0.2) is 12.2 Å². The smallest absolute Gasteiger partial charge is 0.220 e. The number of unbranched alkanes of at least 4 members (excludes halogenated alkanes) is 29. The molecule has 5 heteroatoms. The molecule has 0 rings (SSSR count). The molecule has 0 aliphatic carbocycles. The number of aliphatic hydroxyl groups excluding tert-OH is 3. The first-order valence-corrected chi connectivity index (χ1v) is 21.5. The van der Waals surface area contributed by atoms with Gasteiger partial charge in [0.15, 0.2) is 0 Å². The molecular weight excluding hydrogens is 594 g/mol. The quantitative estimate of drug-likeness (QED) is 0.0384. The van der Waals surface area contributed by atoms with Crippen LogP contribution in [0.1, 0.15) is 232 Å². The van der Waals surface area contributed by atoms with E-state index in [-0.39, 0.29) is 12.5 Å². The zero-order valence-corrected chi connectivity index (χ0v) is 32.4. The summed E-state index contributed by atoms with van der Waals surface area (Å²) in [4.78, 5) is 12.4. The number of hydrogen-bond acceptors (Lipinski definition) is 4. The average Bonchev–Trinajstić information content (AvgIpc) is 3.09. The molecule has 0 saturated carbocycles. The van der Waals surface area contributed by atoms with Gasteiger partial charge < -0.3 is 20.6 Å². The highest BCUT2D eigenvalue weighted by molar-refractivity contribution is 5.76. The molecule has 1 amide bonds. The fourth-order valence-corrected chi connectivity index (χ4v) is 6.75. The van der Waals surface area contributed by atoms with Gasteiger partial charge in [0.1, 0.15) is 6.10 Å². The van der Waals surface area contributed by atoms with Crippen LogP contribution in [-0.4, -0.2) is 46.1 Å². The normalized spacial score (nSPS) is 13.7. The predicted molar refractivity (Wildman–Crippen MR) is 208 cm³/mol. The Kier molecular flexibility index (Phi) is 38.1. The van der Waals surface area contributed by atoms with Gasteiger partial charge in [-0.3, -0.25) is 4.79 Å². The molecule has 48 heavy (non-hydrogen) atoms. The maximum Gasteiger partial charge on any atom is 0.220 e. The second-order valence-electron chi connectivity index (χ2n) is 14.9. The van der Waals surface area contributed by atoms with E-state index < -0.39 is 18.2 Å². The van der Waals surface area contributed by atoms with Crippen molar-refractivity contribution in [3.63, 3.8) is 0 Å². The van der Waals surface area contributed by atoms with Crippen molar-refractivity contribution in [3.8, 4) is 0 Å². The summed E-state index contributed by atoms with van der Waals surface area (Å²) < 4.78 is 0. The standard InChI is InChI=1S/C43H85NO4/c1-3-5-7-9-11-13-15-17-19-20-21-22-24-25-27-29-31-33-35-37-41(46)43(48)40(39-45)44-42(47)38-36-34-32-30-28-26-23-18-16-14-12-10-8-6-4-2/h14,16,40-41,43,45-46,48H,3-13,15,17-39H2,1-2H3,(H,44,47)/b16-14-. The lowest BCUT2D eigenvalue weighted by Gasteiger charge is -2.26. The third-order valence-corrected chi connectivity index (χ3v) is 10.1. The molecule has 4 N–H and O–H groups in total. The molecular formula is C43H85NO4. The Labute approximate surface area is 299 Å². The van der Waals surface area contributed by atoms with E-state index in [1.54, 1.807) is 0 Å². The second kappa shape index (κ2) is 38.9. The summed E-state index contributed by atoms with van der Waals surface area (Å²) in [5.74, 6) is -0.148. The van der Waals surface area contributed by atoms with E-state index in [1.165, 1.54) is 167 Å². The molecule has 3 atom stereocenters. The molecule has 0 aromatic carbocycles. The van der Waals surface area contributed by atoms with Crippen molar-refractivity contribution in [2.75, 3.05) is 6.61 Å². The molecule has 5 nitrogen and oxygen atoms in total. The van der Waals surface area contributed by atoms with Gasteiger partial charge in [-0.2, -0.15) is 0 Å². The van der Waals surface area contributed by atoms with E-state index in [2.05, 4.69) is 31.3 Å². The summed E-state index contributed by atoms with van der Waals surface area (Å²) in [6, 6.07) is -0.807. The molecule has 0 saturated heterocycles. The average molecular weight is 680 g/mol. The fourth-order valence-electron chi connectivity index (χ4n) is 6.75. The Morgan fingerprint density at radius 1 is 0.500 bits per heavy atom. The molecule has 0 spiro atoms. The van der Waals surface area contributed by atoms with Crippen molar-refractivity contribution in [1.29, 1.82) is 0 Å². The molecule has 3 unspecified atom stereocenters. The third-order valence-electron chi connectivity index (χ3n) is 10.1. The van der Waals surface area contributed by atoms with Crippen molar-refractivity contribution in [3.05, 3.63) is 12.2 Å². The van der Waals surface area contributed by atoms with Crippen LogP contribution in [0, 0.1) is 0 Å². The first-order valence-electron chi connectivity index (χ1n) is 21.5. The molecule has 0 fully saturated rings. The van der Waals surface area contributed by atoms with E-state index in [1.807, 2.05) is 0 Å². The van der Waals surface area contributed by atoms with Crippen LogP contribution in [0.25, 0.3) is 0 Å². The highest BCUT2D eigenvalue weighted by Gasteiger charge is 2.26. The van der Waals surface area contributed by atoms with Crippen LogP contribution < -0.4 is 5.32 Å². The van der Waals surface area contributed by atoms with E-state index >= 15 is 0 Å². The lowest BCUT2D eigenvalue weighted by molar-refractivity contribution is -0.124. The molecule has 0 bridgehead atoms. The van der Waals surface area contributed by atoms with Crippen molar-refractivity contribution in [2.24, 2.45) is 0 Å². The molecule has 0 aliphatic heterocycles. The lowest BCUT2D eigenvalue weighted by Crippen LogP contribution is -2.50. The van der Waals surface area contributed by atoms with Crippen LogP contribution in [0.5, 0.6) is 0 Å². The monoisotopic (exact) mass is 680 g/mol. The number of hydrogen-bond donors (Lipinski definition) is 4. The number of nitrogens with one attached hydrogen (secondary N) is 1. The van der Waals surface area contributed by atoms with Crippen LogP contribution in [0.2, 0.25) is 0 Å². The zero-order valence-electron chi connectivity index (χ0n) is 32.4. The first-order chi connectivity index (χ1) is 23.6. The van der Waals surface area contributed by atoms with E-state index in [0.717, 1.165) is 38.5 Å². The van der Waals surface area contributed by atoms with Crippen molar-refractivity contribution >= 4 is 5.91 Å². The Morgan fingerprint density at radius 2 is 0.833 bits per heavy atom. The number of aliphatic hydroxyl groups is 3. The van der Waals surface area contributed by atoms with Crippen molar-refractivity contribution in [2.45, 2.75) is 250 Å². The maximum atomic E-state index is 12.4. The van der Waals surface area contributed by atoms with E-state index in [9.17, 15) is 20.1 Å². The van der Waals surface area contributed by atoms with Gasteiger partial charge >= 0.3 is 0 Å². The van der Waals surface area contributed by atoms with Crippen LogP contribution in [0.4, 0.5) is 0 Å². The van der Waals surface area contributed by atoms with Gasteiger partial charge in [0.05, 0.1) is 18.8 Å². The van der Waals surface area contributed by atoms with Crippen molar-refractivity contribution < 1.29 is 20.1 Å². The van der Waals surface area contributed by atoms with Gasteiger partial charge in [-0.15, -0.1) is 0 Å². The highest BCUT2D eigenvalue weighted by atomic mass is 16.3. The Bertz CT molecular complexity index is 669. The van der Waals surface area contributed by atoms with Gasteiger partial charge in [-0.1, -0.05) is 199 Å². The Morgan fingerprint density at radius 3 is 1.23 bits per heavy atom. The summed E-state index contributed by atoms with van der Waals surface area (Å²) in [5, 5.41) is 33.5. The minimum Gasteiger partial charge on any atom is -0.394 e. The number of carbonyl (C=O) groups excluding carboxylic acids is 1. The molecule has 0 aromatic heterocycles. The number of amides is 1. The second-order valence-corrected chi connectivity index (χ2v) is 14.9. The van der Waals surface area contributed by atoms with Gasteiger partial charge in [0.25, 0.3) is 0 Å². The molecule has 0 aromatic rings. The van der Waals surface area contributed by atoms with Gasteiger partial charge in [-0.25, -0.2) is 0 Å². The van der Waals surface area contributed by atoms with E-state index in [4.69, 9.17) is 0 Å². The summed E-state index contributed by atoms with van der Waals surface area (Å²) >= 11 is 0. The molecule has 0 heterocycles. The van der Waals surface area contributed by atoms with Crippen LogP contribution >= 0.6 is 0 Å². The fraction of sp³-hybridized carbons (Fsp3) is 0.930. The SMILES string of the molecule is CCCCCC/C=C\CCCCCCCCCC(=O)NC(CO)C(O)C(O)CCCCCCCCCCCCCCCCCCCCC. The summed E-state index contributed by atoms with van der Waals surface area (Å²) in [6.45, 7) is 4.17. The maximum absolute atomic E-state index is 12.4. The Hall–Kier alpha value is -0.910. The molecule has 0 aliphatic rings. The van der Waals surface area contributed by atoms with Crippen molar-refractivity contribution in [1.82, 2.24) is 5.32 Å². The summed E-state index contributed by atoms with van der Waals surface area (Å²) in [6.07, 6.45) is 44.5. The lowest BCUT2D eigenvalue weighted by atomic mass is 9.99. The largest absolute Gasteiger partial charge is 0.394 e. The predicted octanol–water partition coefficient (Wildman–Crippen LogP) is 12.0. The van der Waals surface area contributed by atoms with Crippen LogP contribution in [-0.2, 0) is 4.79 Å². The third kappa shape index (κ3) is 33.6. The molecule has 0 radical (unpaired) electrons. The first kappa shape index (κ1) is 47.1.